The Morgan fingerprint density at radius 1 is 1.46 bits per heavy atom. The zero-order chi connectivity index (χ0) is 9.68. The first-order valence-corrected chi connectivity index (χ1v) is 4.21. The molecule has 70 valence electrons. The van der Waals surface area contributed by atoms with Crippen molar-refractivity contribution in [3.8, 4) is 0 Å². The van der Waals surface area contributed by atoms with Crippen molar-refractivity contribution >= 4 is 5.91 Å². The Morgan fingerprint density at radius 3 is 2.54 bits per heavy atom. The lowest BCUT2D eigenvalue weighted by atomic mass is 10.1. The fourth-order valence-electron chi connectivity index (χ4n) is 1.14. The van der Waals surface area contributed by atoms with Crippen molar-refractivity contribution in [1.29, 1.82) is 0 Å². The molecule has 13 heavy (non-hydrogen) atoms. The highest BCUT2D eigenvalue weighted by Crippen LogP contribution is 2.15. The molecular weight excluding hydrogens is 166 g/mol. The Balaban J connectivity index is 2.82. The molecule has 0 aliphatic rings. The normalized spacial score (nSPS) is 12.4. The maximum Gasteiger partial charge on any atom is 0.251 e. The van der Waals surface area contributed by atoms with Gasteiger partial charge in [0, 0.05) is 6.61 Å². The van der Waals surface area contributed by atoms with E-state index >= 15 is 0 Å². The summed E-state index contributed by atoms with van der Waals surface area (Å²) in [6.45, 7) is 2.31. The number of amides is 1. The number of nitrogens with two attached hydrogens (primary N) is 1. The van der Waals surface area contributed by atoms with Crippen LogP contribution in [0.4, 0.5) is 0 Å². The molecule has 1 unspecified atom stereocenters. The van der Waals surface area contributed by atoms with Gasteiger partial charge < -0.3 is 10.5 Å². The van der Waals surface area contributed by atoms with E-state index in [1.165, 1.54) is 0 Å². The van der Waals surface area contributed by atoms with Gasteiger partial charge in [-0.05, 0) is 12.5 Å². The second-order valence-electron chi connectivity index (χ2n) is 2.65. The van der Waals surface area contributed by atoms with Gasteiger partial charge in [0.05, 0.1) is 0 Å². The third-order valence-corrected chi connectivity index (χ3v) is 1.69. The van der Waals surface area contributed by atoms with Gasteiger partial charge in [-0.3, -0.25) is 4.79 Å². The van der Waals surface area contributed by atoms with Crippen LogP contribution in [0.2, 0.25) is 0 Å². The summed E-state index contributed by atoms with van der Waals surface area (Å²) < 4.78 is 5.21. The monoisotopic (exact) mass is 179 g/mol. The highest BCUT2D eigenvalue weighted by atomic mass is 16.5. The summed E-state index contributed by atoms with van der Waals surface area (Å²) in [6.07, 6.45) is -0.619. The molecule has 0 bridgehead atoms. The van der Waals surface area contributed by atoms with E-state index in [1.54, 1.807) is 0 Å². The van der Waals surface area contributed by atoms with Gasteiger partial charge in [-0.1, -0.05) is 30.3 Å². The van der Waals surface area contributed by atoms with Gasteiger partial charge in [0.1, 0.15) is 0 Å². The van der Waals surface area contributed by atoms with Crippen molar-refractivity contribution in [2.75, 3.05) is 6.61 Å². The summed E-state index contributed by atoms with van der Waals surface area (Å²) in [7, 11) is 0. The second-order valence-corrected chi connectivity index (χ2v) is 2.65. The lowest BCUT2D eigenvalue weighted by Crippen LogP contribution is -2.23. The minimum Gasteiger partial charge on any atom is -0.367 e. The molecule has 0 saturated carbocycles. The molecule has 0 aliphatic carbocycles. The van der Waals surface area contributed by atoms with Crippen molar-refractivity contribution in [1.82, 2.24) is 0 Å². The number of hydrogen-bond donors (Lipinski definition) is 1. The zero-order valence-corrected chi connectivity index (χ0v) is 7.57. The molecule has 3 heteroatoms. The molecule has 1 amide bonds. The number of benzene rings is 1. The SMILES string of the molecule is CCOC(C(N)=O)c1ccccc1. The van der Waals surface area contributed by atoms with E-state index in [0.717, 1.165) is 5.56 Å². The van der Waals surface area contributed by atoms with Crippen molar-refractivity contribution in [2.45, 2.75) is 13.0 Å². The minimum absolute atomic E-state index is 0.451. The minimum atomic E-state index is -0.619. The largest absolute Gasteiger partial charge is 0.367 e. The first-order valence-electron chi connectivity index (χ1n) is 4.21. The van der Waals surface area contributed by atoms with Crippen LogP contribution in [0.3, 0.4) is 0 Å². The molecule has 1 atom stereocenters. The second kappa shape index (κ2) is 4.62. The standard InChI is InChI=1S/C10H13NO2/c1-2-13-9(10(11)12)8-6-4-3-5-7-8/h3-7,9H,2H2,1H3,(H2,11,12). The van der Waals surface area contributed by atoms with E-state index in [9.17, 15) is 4.79 Å². The zero-order valence-electron chi connectivity index (χ0n) is 7.57. The number of ether oxygens (including phenoxy) is 1. The summed E-state index contributed by atoms with van der Waals surface area (Å²) in [4.78, 5) is 11.0. The third kappa shape index (κ3) is 2.56. The summed E-state index contributed by atoms with van der Waals surface area (Å²) in [5, 5.41) is 0. The van der Waals surface area contributed by atoms with E-state index < -0.39 is 12.0 Å². The summed E-state index contributed by atoms with van der Waals surface area (Å²) in [5.41, 5.74) is 5.99. The Hall–Kier alpha value is -1.35. The number of carbonyl (C=O) groups is 1. The van der Waals surface area contributed by atoms with E-state index in [2.05, 4.69) is 0 Å². The number of carbonyl (C=O) groups excluding carboxylic acids is 1. The summed E-state index contributed by atoms with van der Waals surface area (Å²) in [6, 6.07) is 9.23. The lowest BCUT2D eigenvalue weighted by Gasteiger charge is -2.12. The molecule has 0 fully saturated rings. The average molecular weight is 179 g/mol. The van der Waals surface area contributed by atoms with Crippen molar-refractivity contribution in [3.05, 3.63) is 35.9 Å². The molecule has 0 aromatic heterocycles. The fraction of sp³-hybridized carbons (Fsp3) is 0.300. The van der Waals surface area contributed by atoms with Gasteiger partial charge in [-0.15, -0.1) is 0 Å². The van der Waals surface area contributed by atoms with Crippen molar-refractivity contribution < 1.29 is 9.53 Å². The Kier molecular flexibility index (Phi) is 3.46. The summed E-state index contributed by atoms with van der Waals surface area (Å²) in [5.74, 6) is -0.451. The first kappa shape index (κ1) is 9.74. The number of rotatable bonds is 4. The Morgan fingerprint density at radius 2 is 2.08 bits per heavy atom. The maximum absolute atomic E-state index is 11.0. The smallest absolute Gasteiger partial charge is 0.251 e. The lowest BCUT2D eigenvalue weighted by molar-refractivity contribution is -0.129. The third-order valence-electron chi connectivity index (χ3n) is 1.69. The van der Waals surface area contributed by atoms with Crippen LogP contribution in [-0.4, -0.2) is 12.5 Å². The van der Waals surface area contributed by atoms with Crippen LogP contribution >= 0.6 is 0 Å². The molecule has 2 N–H and O–H groups in total. The van der Waals surface area contributed by atoms with Crippen LogP contribution < -0.4 is 5.73 Å². The molecule has 1 rings (SSSR count). The van der Waals surface area contributed by atoms with Gasteiger partial charge >= 0.3 is 0 Å². The average Bonchev–Trinajstić information content (AvgIpc) is 2.15. The van der Waals surface area contributed by atoms with E-state index in [-0.39, 0.29) is 0 Å². The Bertz CT molecular complexity index is 272. The predicted molar refractivity (Wildman–Crippen MR) is 50.0 cm³/mol. The maximum atomic E-state index is 11.0. The van der Waals surface area contributed by atoms with Crippen LogP contribution in [0.5, 0.6) is 0 Å². The van der Waals surface area contributed by atoms with Gasteiger partial charge in [0.2, 0.25) is 0 Å². The number of primary amides is 1. The van der Waals surface area contributed by atoms with Crippen LogP contribution in [-0.2, 0) is 9.53 Å². The van der Waals surface area contributed by atoms with Crippen molar-refractivity contribution in [2.24, 2.45) is 5.73 Å². The van der Waals surface area contributed by atoms with Gasteiger partial charge in [0.15, 0.2) is 6.10 Å². The van der Waals surface area contributed by atoms with Gasteiger partial charge in [-0.25, -0.2) is 0 Å². The quantitative estimate of drug-likeness (QED) is 0.756. The molecule has 0 heterocycles. The Labute approximate surface area is 77.5 Å². The van der Waals surface area contributed by atoms with Crippen molar-refractivity contribution in [3.63, 3.8) is 0 Å². The topological polar surface area (TPSA) is 52.3 Å². The van der Waals surface area contributed by atoms with Crippen LogP contribution in [0.15, 0.2) is 30.3 Å². The van der Waals surface area contributed by atoms with Gasteiger partial charge in [0.25, 0.3) is 5.91 Å². The van der Waals surface area contributed by atoms with Crippen LogP contribution in [0, 0.1) is 0 Å². The molecule has 1 aromatic rings. The molecule has 0 spiro atoms. The molecule has 0 aliphatic heterocycles. The van der Waals surface area contributed by atoms with E-state index in [0.29, 0.717) is 6.61 Å². The van der Waals surface area contributed by atoms with E-state index in [1.807, 2.05) is 37.3 Å². The van der Waals surface area contributed by atoms with Gasteiger partial charge in [-0.2, -0.15) is 0 Å². The van der Waals surface area contributed by atoms with E-state index in [4.69, 9.17) is 10.5 Å². The predicted octanol–water partition coefficient (Wildman–Crippen LogP) is 1.25. The fourth-order valence-corrected chi connectivity index (χ4v) is 1.14. The van der Waals surface area contributed by atoms with Crippen LogP contribution in [0.25, 0.3) is 0 Å². The first-order chi connectivity index (χ1) is 6.25. The highest BCUT2D eigenvalue weighted by molar-refractivity contribution is 5.80. The highest BCUT2D eigenvalue weighted by Gasteiger charge is 2.16. The number of hydrogen-bond acceptors (Lipinski definition) is 2. The molecule has 0 radical (unpaired) electrons. The molecular formula is C10H13NO2. The molecule has 3 nitrogen and oxygen atoms in total. The van der Waals surface area contributed by atoms with Crippen LogP contribution in [0.1, 0.15) is 18.6 Å². The summed E-state index contributed by atoms with van der Waals surface area (Å²) >= 11 is 0. The molecule has 1 aromatic carbocycles. The molecule has 0 saturated heterocycles.